The van der Waals surface area contributed by atoms with E-state index in [4.69, 9.17) is 14.2 Å². The molecule has 0 radical (unpaired) electrons. The van der Waals surface area contributed by atoms with E-state index in [1.54, 1.807) is 44.4 Å². The quantitative estimate of drug-likeness (QED) is 0.890. The summed E-state index contributed by atoms with van der Waals surface area (Å²) in [6, 6.07) is 14.4. The lowest BCUT2D eigenvalue weighted by Gasteiger charge is -2.16. The molecule has 1 atom stereocenters. The summed E-state index contributed by atoms with van der Waals surface area (Å²) < 4.78 is 16.0. The molecular formula is C17H19NO4. The molecule has 5 heteroatoms. The van der Waals surface area contributed by atoms with Crippen LogP contribution in [0.1, 0.15) is 6.92 Å². The highest BCUT2D eigenvalue weighted by Gasteiger charge is 2.17. The molecule has 2 aromatic rings. The monoisotopic (exact) mass is 301 g/mol. The van der Waals surface area contributed by atoms with Gasteiger partial charge in [-0.05, 0) is 31.2 Å². The first-order chi connectivity index (χ1) is 10.6. The first-order valence-corrected chi connectivity index (χ1v) is 6.88. The molecule has 0 spiro atoms. The molecule has 1 unspecified atom stereocenters. The van der Waals surface area contributed by atoms with Crippen LogP contribution >= 0.6 is 0 Å². The van der Waals surface area contributed by atoms with Crippen molar-refractivity contribution in [2.24, 2.45) is 0 Å². The van der Waals surface area contributed by atoms with E-state index in [9.17, 15) is 4.79 Å². The Morgan fingerprint density at radius 2 is 1.73 bits per heavy atom. The largest absolute Gasteiger partial charge is 0.497 e. The number of hydrogen-bond donors (Lipinski definition) is 1. The number of amides is 1. The number of anilines is 1. The number of carbonyl (C=O) groups is 1. The third kappa shape index (κ3) is 3.91. The summed E-state index contributed by atoms with van der Waals surface area (Å²) in [6.45, 7) is 1.69. The van der Waals surface area contributed by atoms with Gasteiger partial charge in [-0.1, -0.05) is 18.2 Å². The molecule has 0 saturated carbocycles. The molecule has 0 aliphatic heterocycles. The SMILES string of the molecule is COc1ccc(NC(=O)C(C)Oc2ccccc2)c(OC)c1. The Balaban J connectivity index is 2.05. The maximum absolute atomic E-state index is 12.2. The minimum atomic E-state index is -0.630. The summed E-state index contributed by atoms with van der Waals surface area (Å²) in [5, 5.41) is 2.79. The van der Waals surface area contributed by atoms with Crippen LogP contribution in [0.3, 0.4) is 0 Å². The van der Waals surface area contributed by atoms with Crippen LogP contribution in [0.25, 0.3) is 0 Å². The molecule has 116 valence electrons. The number of rotatable bonds is 6. The molecule has 22 heavy (non-hydrogen) atoms. The average molecular weight is 301 g/mol. The van der Waals surface area contributed by atoms with Gasteiger partial charge in [0.2, 0.25) is 0 Å². The van der Waals surface area contributed by atoms with Crippen molar-refractivity contribution >= 4 is 11.6 Å². The van der Waals surface area contributed by atoms with E-state index >= 15 is 0 Å². The highest BCUT2D eigenvalue weighted by Crippen LogP contribution is 2.29. The van der Waals surface area contributed by atoms with Gasteiger partial charge in [0.1, 0.15) is 17.2 Å². The second kappa shape index (κ2) is 7.36. The van der Waals surface area contributed by atoms with Crippen molar-refractivity contribution < 1.29 is 19.0 Å². The summed E-state index contributed by atoms with van der Waals surface area (Å²) in [4.78, 5) is 12.2. The minimum Gasteiger partial charge on any atom is -0.497 e. The van der Waals surface area contributed by atoms with E-state index in [0.29, 0.717) is 22.9 Å². The fourth-order valence-corrected chi connectivity index (χ4v) is 1.89. The normalized spacial score (nSPS) is 11.4. The Kier molecular flexibility index (Phi) is 5.25. The van der Waals surface area contributed by atoms with Crippen molar-refractivity contribution in [2.75, 3.05) is 19.5 Å². The molecule has 5 nitrogen and oxygen atoms in total. The van der Waals surface area contributed by atoms with Gasteiger partial charge in [0, 0.05) is 6.07 Å². The third-order valence-electron chi connectivity index (χ3n) is 3.09. The van der Waals surface area contributed by atoms with Crippen LogP contribution in [0.2, 0.25) is 0 Å². The molecule has 1 amide bonds. The van der Waals surface area contributed by atoms with Gasteiger partial charge in [0.25, 0.3) is 5.91 Å². The molecule has 0 saturated heterocycles. The zero-order chi connectivity index (χ0) is 15.9. The minimum absolute atomic E-state index is 0.257. The first-order valence-electron chi connectivity index (χ1n) is 6.88. The van der Waals surface area contributed by atoms with Crippen molar-refractivity contribution in [3.05, 3.63) is 48.5 Å². The molecule has 2 aromatic carbocycles. The van der Waals surface area contributed by atoms with Gasteiger partial charge in [0.05, 0.1) is 19.9 Å². The maximum atomic E-state index is 12.2. The lowest BCUT2D eigenvalue weighted by atomic mass is 10.2. The standard InChI is InChI=1S/C17H19NO4/c1-12(22-13-7-5-4-6-8-13)17(19)18-15-10-9-14(20-2)11-16(15)21-3/h4-12H,1-3H3,(H,18,19). The topological polar surface area (TPSA) is 56.8 Å². The predicted octanol–water partition coefficient (Wildman–Crippen LogP) is 3.11. The second-order valence-corrected chi connectivity index (χ2v) is 4.63. The van der Waals surface area contributed by atoms with Gasteiger partial charge in [0.15, 0.2) is 6.10 Å². The van der Waals surface area contributed by atoms with Gasteiger partial charge < -0.3 is 19.5 Å². The van der Waals surface area contributed by atoms with E-state index in [1.807, 2.05) is 18.2 Å². The summed E-state index contributed by atoms with van der Waals surface area (Å²) in [7, 11) is 3.11. The Morgan fingerprint density at radius 3 is 2.36 bits per heavy atom. The van der Waals surface area contributed by atoms with Gasteiger partial charge in [-0.15, -0.1) is 0 Å². The number of nitrogens with one attached hydrogen (secondary N) is 1. The van der Waals surface area contributed by atoms with Gasteiger partial charge in [-0.3, -0.25) is 4.79 Å². The highest BCUT2D eigenvalue weighted by molar-refractivity contribution is 5.95. The van der Waals surface area contributed by atoms with Crippen molar-refractivity contribution in [1.82, 2.24) is 0 Å². The van der Waals surface area contributed by atoms with Crippen molar-refractivity contribution in [3.8, 4) is 17.2 Å². The number of ether oxygens (including phenoxy) is 3. The Hall–Kier alpha value is -2.69. The molecule has 0 aliphatic carbocycles. The van der Waals surface area contributed by atoms with E-state index in [0.717, 1.165) is 0 Å². The fraction of sp³-hybridized carbons (Fsp3) is 0.235. The van der Waals surface area contributed by atoms with Gasteiger partial charge in [-0.25, -0.2) is 0 Å². The first kappa shape index (κ1) is 15.7. The Bertz CT molecular complexity index is 628. The van der Waals surface area contributed by atoms with Gasteiger partial charge >= 0.3 is 0 Å². The lowest BCUT2D eigenvalue weighted by molar-refractivity contribution is -0.122. The van der Waals surface area contributed by atoms with Crippen molar-refractivity contribution in [1.29, 1.82) is 0 Å². The summed E-state index contributed by atoms with van der Waals surface area (Å²) in [6.07, 6.45) is -0.630. The molecule has 2 rings (SSSR count). The fourth-order valence-electron chi connectivity index (χ4n) is 1.89. The van der Waals surface area contributed by atoms with Crippen LogP contribution in [-0.4, -0.2) is 26.2 Å². The van der Waals surface area contributed by atoms with E-state index in [1.165, 1.54) is 7.11 Å². The van der Waals surface area contributed by atoms with Crippen LogP contribution in [-0.2, 0) is 4.79 Å². The zero-order valence-corrected chi connectivity index (χ0v) is 12.8. The molecule has 0 aromatic heterocycles. The van der Waals surface area contributed by atoms with Crippen LogP contribution < -0.4 is 19.5 Å². The number of benzene rings is 2. The summed E-state index contributed by atoms with van der Waals surface area (Å²) in [5.41, 5.74) is 0.566. The number of para-hydroxylation sites is 1. The predicted molar refractivity (Wildman–Crippen MR) is 84.7 cm³/mol. The van der Waals surface area contributed by atoms with Crippen LogP contribution in [0.5, 0.6) is 17.2 Å². The molecule has 0 fully saturated rings. The number of methoxy groups -OCH3 is 2. The smallest absolute Gasteiger partial charge is 0.265 e. The maximum Gasteiger partial charge on any atom is 0.265 e. The van der Waals surface area contributed by atoms with E-state index in [2.05, 4.69) is 5.32 Å². The van der Waals surface area contributed by atoms with E-state index < -0.39 is 6.10 Å². The molecule has 1 N–H and O–H groups in total. The average Bonchev–Trinajstić information content (AvgIpc) is 2.56. The Morgan fingerprint density at radius 1 is 1.00 bits per heavy atom. The van der Waals surface area contributed by atoms with Crippen LogP contribution in [0, 0.1) is 0 Å². The van der Waals surface area contributed by atoms with Crippen molar-refractivity contribution in [3.63, 3.8) is 0 Å². The van der Waals surface area contributed by atoms with Crippen LogP contribution in [0.15, 0.2) is 48.5 Å². The number of hydrogen-bond acceptors (Lipinski definition) is 4. The second-order valence-electron chi connectivity index (χ2n) is 4.63. The lowest BCUT2D eigenvalue weighted by Crippen LogP contribution is -2.30. The van der Waals surface area contributed by atoms with Crippen LogP contribution in [0.4, 0.5) is 5.69 Å². The van der Waals surface area contributed by atoms with Gasteiger partial charge in [-0.2, -0.15) is 0 Å². The summed E-state index contributed by atoms with van der Waals surface area (Å²) in [5.74, 6) is 1.57. The van der Waals surface area contributed by atoms with Crippen molar-refractivity contribution in [2.45, 2.75) is 13.0 Å². The number of carbonyl (C=O) groups excluding carboxylic acids is 1. The zero-order valence-electron chi connectivity index (χ0n) is 12.8. The highest BCUT2D eigenvalue weighted by atomic mass is 16.5. The third-order valence-corrected chi connectivity index (χ3v) is 3.09. The molecule has 0 bridgehead atoms. The van der Waals surface area contributed by atoms with E-state index in [-0.39, 0.29) is 5.91 Å². The molecule has 0 heterocycles. The summed E-state index contributed by atoms with van der Waals surface area (Å²) >= 11 is 0. The molecule has 0 aliphatic rings. The Labute approximate surface area is 129 Å². The molecular weight excluding hydrogens is 282 g/mol.